The van der Waals surface area contributed by atoms with Gasteiger partial charge in [-0.05, 0) is 87.1 Å². The van der Waals surface area contributed by atoms with Gasteiger partial charge in [-0.25, -0.2) is 8.42 Å². The van der Waals surface area contributed by atoms with Gasteiger partial charge in [-0.15, -0.1) is 0 Å². The lowest BCUT2D eigenvalue weighted by Gasteiger charge is -2.34. The number of aryl methyl sites for hydroxylation is 2. The Morgan fingerprint density at radius 1 is 0.953 bits per heavy atom. The number of ether oxygens (including phenoxy) is 1. The highest BCUT2D eigenvalue weighted by atomic mass is 32.2. The molecule has 3 aromatic carbocycles. The van der Waals surface area contributed by atoms with Gasteiger partial charge in [-0.3, -0.25) is 13.9 Å². The molecule has 0 spiro atoms. The number of methoxy groups -OCH3 is 1. The summed E-state index contributed by atoms with van der Waals surface area (Å²) in [6.07, 6.45) is 4.36. The lowest BCUT2D eigenvalue weighted by atomic mass is 10.1. The van der Waals surface area contributed by atoms with Gasteiger partial charge in [0.2, 0.25) is 11.8 Å². The van der Waals surface area contributed by atoms with E-state index < -0.39 is 28.5 Å². The van der Waals surface area contributed by atoms with Crippen LogP contribution in [0.5, 0.6) is 5.75 Å². The second-order valence-electron chi connectivity index (χ2n) is 11.3. The van der Waals surface area contributed by atoms with E-state index in [4.69, 9.17) is 4.74 Å². The lowest BCUT2D eigenvalue weighted by molar-refractivity contribution is -0.140. The molecule has 1 fully saturated rings. The third kappa shape index (κ3) is 7.57. The molecule has 9 heteroatoms. The smallest absolute Gasteiger partial charge is 0.264 e. The van der Waals surface area contributed by atoms with E-state index >= 15 is 0 Å². The maximum Gasteiger partial charge on any atom is 0.264 e. The van der Waals surface area contributed by atoms with Crippen LogP contribution in [0.15, 0.2) is 71.6 Å². The van der Waals surface area contributed by atoms with Crippen LogP contribution in [-0.2, 0) is 26.2 Å². The molecule has 1 aliphatic rings. The summed E-state index contributed by atoms with van der Waals surface area (Å²) in [5, 5.41) is 3.15. The molecule has 0 heterocycles. The van der Waals surface area contributed by atoms with Crippen LogP contribution >= 0.6 is 0 Å². The number of nitrogens with zero attached hydrogens (tertiary/aromatic N) is 2. The molecular weight excluding hydrogens is 562 g/mol. The highest BCUT2D eigenvalue weighted by molar-refractivity contribution is 7.92. The lowest BCUT2D eigenvalue weighted by Crippen LogP contribution is -2.53. The predicted octanol–water partition coefficient (Wildman–Crippen LogP) is 5.68. The molecular formula is C34H43N3O5S. The average molecular weight is 606 g/mol. The fraction of sp³-hybridized carbons (Fsp3) is 0.412. The van der Waals surface area contributed by atoms with Crippen molar-refractivity contribution in [3.05, 3.63) is 89.0 Å². The Morgan fingerprint density at radius 3 is 2.21 bits per heavy atom. The Kier molecular flexibility index (Phi) is 10.5. The van der Waals surface area contributed by atoms with Crippen molar-refractivity contribution in [2.24, 2.45) is 0 Å². The van der Waals surface area contributed by atoms with Crippen molar-refractivity contribution in [2.75, 3.05) is 18.0 Å². The van der Waals surface area contributed by atoms with Crippen LogP contribution in [0.3, 0.4) is 0 Å². The molecule has 8 nitrogen and oxygen atoms in total. The van der Waals surface area contributed by atoms with Gasteiger partial charge in [0, 0.05) is 12.6 Å². The van der Waals surface area contributed by atoms with Crippen molar-refractivity contribution >= 4 is 27.5 Å². The predicted molar refractivity (Wildman–Crippen MR) is 170 cm³/mol. The second kappa shape index (κ2) is 14.1. The number of sulfonamides is 1. The summed E-state index contributed by atoms with van der Waals surface area (Å²) in [6.45, 7) is 7.22. The molecule has 0 aliphatic heterocycles. The monoisotopic (exact) mass is 605 g/mol. The fourth-order valence-corrected chi connectivity index (χ4v) is 7.04. The normalized spacial score (nSPS) is 14.3. The maximum absolute atomic E-state index is 14.3. The first-order valence-corrected chi connectivity index (χ1v) is 16.4. The molecule has 1 saturated carbocycles. The van der Waals surface area contributed by atoms with Crippen molar-refractivity contribution in [1.82, 2.24) is 10.2 Å². The highest BCUT2D eigenvalue weighted by Gasteiger charge is 2.35. The first-order chi connectivity index (χ1) is 20.5. The number of anilines is 1. The summed E-state index contributed by atoms with van der Waals surface area (Å²) in [5.74, 6) is 0.00899. The molecule has 4 rings (SSSR count). The minimum absolute atomic E-state index is 0.0906. The number of hydrogen-bond acceptors (Lipinski definition) is 5. The minimum Gasteiger partial charge on any atom is -0.497 e. The van der Waals surface area contributed by atoms with Gasteiger partial charge in [0.25, 0.3) is 10.0 Å². The number of amides is 2. The summed E-state index contributed by atoms with van der Waals surface area (Å²) in [7, 11) is -2.54. The van der Waals surface area contributed by atoms with Crippen molar-refractivity contribution in [3.8, 4) is 5.75 Å². The molecule has 0 bridgehead atoms. The fourth-order valence-electron chi connectivity index (χ4n) is 5.57. The van der Waals surface area contributed by atoms with E-state index in [-0.39, 0.29) is 23.4 Å². The Labute approximate surface area is 256 Å². The number of carbonyl (C=O) groups excluding carboxylic acids is 2. The van der Waals surface area contributed by atoms with Crippen molar-refractivity contribution in [2.45, 2.75) is 83.3 Å². The van der Waals surface area contributed by atoms with Crippen LogP contribution in [0, 0.1) is 20.8 Å². The summed E-state index contributed by atoms with van der Waals surface area (Å²) < 4.78 is 34.8. The van der Waals surface area contributed by atoms with E-state index in [0.717, 1.165) is 47.9 Å². The standard InChI is InChI=1S/C34H43N3O5S/c1-6-31(34(39)35-28-11-7-8-12-28)36(22-27-16-18-29(42-5)19-17-27)33(38)23-37(32-13-9-10-25(3)26(32)4)43(40,41)30-20-14-24(2)15-21-30/h9-10,13-21,28,31H,6-8,11-12,22-23H2,1-5H3,(H,35,39)/t31-/m0/s1. The Balaban J connectivity index is 1.74. The van der Waals surface area contributed by atoms with E-state index in [1.54, 1.807) is 43.5 Å². The second-order valence-corrected chi connectivity index (χ2v) is 13.2. The van der Waals surface area contributed by atoms with Crippen LogP contribution in [0.25, 0.3) is 0 Å². The van der Waals surface area contributed by atoms with E-state index in [0.29, 0.717) is 17.9 Å². The van der Waals surface area contributed by atoms with Crippen LogP contribution in [0.4, 0.5) is 5.69 Å². The molecule has 1 N–H and O–H groups in total. The maximum atomic E-state index is 14.3. The van der Waals surface area contributed by atoms with E-state index in [1.807, 2.05) is 58.0 Å². The SMILES string of the molecule is CC[C@@H](C(=O)NC1CCCC1)N(Cc1ccc(OC)cc1)C(=O)CN(c1cccc(C)c1C)S(=O)(=O)c1ccc(C)cc1. The largest absolute Gasteiger partial charge is 0.497 e. The van der Waals surface area contributed by atoms with Gasteiger partial charge in [0.1, 0.15) is 18.3 Å². The number of carbonyl (C=O) groups is 2. The molecule has 0 radical (unpaired) electrons. The molecule has 3 aromatic rings. The third-order valence-corrected chi connectivity index (χ3v) is 10.1. The molecule has 0 unspecified atom stereocenters. The molecule has 230 valence electrons. The third-order valence-electron chi connectivity index (χ3n) is 8.33. The van der Waals surface area contributed by atoms with Crippen LogP contribution in [-0.4, -0.2) is 50.9 Å². The van der Waals surface area contributed by atoms with Crippen molar-refractivity contribution in [3.63, 3.8) is 0 Å². The summed E-state index contributed by atoms with van der Waals surface area (Å²) in [5.41, 5.74) is 3.84. The summed E-state index contributed by atoms with van der Waals surface area (Å²) >= 11 is 0. The first-order valence-electron chi connectivity index (χ1n) is 14.9. The van der Waals surface area contributed by atoms with Crippen molar-refractivity contribution in [1.29, 1.82) is 0 Å². The van der Waals surface area contributed by atoms with Gasteiger partial charge in [-0.2, -0.15) is 0 Å². The first kappa shape index (κ1) is 32.1. The van der Waals surface area contributed by atoms with Gasteiger partial charge in [-0.1, -0.05) is 61.7 Å². The zero-order valence-electron chi connectivity index (χ0n) is 25.8. The minimum atomic E-state index is -4.12. The molecule has 1 atom stereocenters. The summed E-state index contributed by atoms with van der Waals surface area (Å²) in [6, 6.07) is 18.7. The van der Waals surface area contributed by atoms with E-state index in [1.165, 1.54) is 9.21 Å². The topological polar surface area (TPSA) is 96.0 Å². The van der Waals surface area contributed by atoms with Crippen LogP contribution in [0.2, 0.25) is 0 Å². The van der Waals surface area contributed by atoms with E-state index in [9.17, 15) is 18.0 Å². The zero-order valence-corrected chi connectivity index (χ0v) is 26.6. The zero-order chi connectivity index (χ0) is 31.1. The van der Waals surface area contributed by atoms with Gasteiger partial charge >= 0.3 is 0 Å². The Bertz CT molecular complexity index is 1510. The summed E-state index contributed by atoms with van der Waals surface area (Å²) in [4.78, 5) is 29.6. The molecule has 2 amide bonds. The number of rotatable bonds is 12. The van der Waals surface area contributed by atoms with Crippen molar-refractivity contribution < 1.29 is 22.7 Å². The molecule has 1 aliphatic carbocycles. The average Bonchev–Trinajstić information content (AvgIpc) is 3.51. The van der Waals surface area contributed by atoms with Gasteiger partial charge in [0.15, 0.2) is 0 Å². The van der Waals surface area contributed by atoms with Crippen LogP contribution < -0.4 is 14.4 Å². The van der Waals surface area contributed by atoms with Crippen LogP contribution in [0.1, 0.15) is 61.3 Å². The Morgan fingerprint density at radius 2 is 1.60 bits per heavy atom. The quantitative estimate of drug-likeness (QED) is 0.287. The van der Waals surface area contributed by atoms with Gasteiger partial charge < -0.3 is 15.0 Å². The number of nitrogens with one attached hydrogen (secondary N) is 1. The Hall–Kier alpha value is -3.85. The highest BCUT2D eigenvalue weighted by Crippen LogP contribution is 2.29. The molecule has 0 saturated heterocycles. The molecule has 43 heavy (non-hydrogen) atoms. The number of benzene rings is 3. The van der Waals surface area contributed by atoms with E-state index in [2.05, 4.69) is 5.32 Å². The number of hydrogen-bond donors (Lipinski definition) is 1. The molecule has 0 aromatic heterocycles. The van der Waals surface area contributed by atoms with Gasteiger partial charge in [0.05, 0.1) is 17.7 Å².